The Morgan fingerprint density at radius 3 is 3.00 bits per heavy atom. The highest BCUT2D eigenvalue weighted by atomic mass is 16.5. The van der Waals surface area contributed by atoms with Crippen LogP contribution in [0.15, 0.2) is 12.2 Å². The summed E-state index contributed by atoms with van der Waals surface area (Å²) in [5, 5.41) is 0. The minimum absolute atomic E-state index is 0.120. The molecule has 1 fully saturated rings. The van der Waals surface area contributed by atoms with Crippen molar-refractivity contribution in [2.75, 3.05) is 0 Å². The molecule has 0 amide bonds. The molecule has 1 aliphatic rings. The van der Waals surface area contributed by atoms with E-state index in [9.17, 15) is 4.79 Å². The Morgan fingerprint density at radius 1 is 1.78 bits per heavy atom. The maximum absolute atomic E-state index is 9.82. The van der Waals surface area contributed by atoms with E-state index in [0.717, 1.165) is 19.3 Å². The van der Waals surface area contributed by atoms with E-state index in [1.807, 2.05) is 0 Å². The van der Waals surface area contributed by atoms with Crippen LogP contribution in [-0.4, -0.2) is 12.6 Å². The van der Waals surface area contributed by atoms with Gasteiger partial charge in [0.1, 0.15) is 6.10 Å². The number of hydrogen-bond donors (Lipinski definition) is 0. The highest BCUT2D eigenvalue weighted by Crippen LogP contribution is 2.24. The van der Waals surface area contributed by atoms with Crippen LogP contribution in [0.4, 0.5) is 0 Å². The van der Waals surface area contributed by atoms with E-state index in [1.54, 1.807) is 0 Å². The van der Waals surface area contributed by atoms with Crippen LogP contribution in [0.2, 0.25) is 0 Å². The van der Waals surface area contributed by atoms with Gasteiger partial charge in [-0.15, -0.1) is 0 Å². The van der Waals surface area contributed by atoms with Crippen molar-refractivity contribution in [1.29, 1.82) is 0 Å². The SMILES string of the molecule is C=C1CC[C@H](OC=O)C1. The first-order valence-electron chi connectivity index (χ1n) is 3.08. The average Bonchev–Trinajstić information content (AvgIpc) is 2.17. The number of carbonyl (C=O) groups excluding carboxylic acids is 1. The topological polar surface area (TPSA) is 26.3 Å². The second-order valence-electron chi connectivity index (χ2n) is 2.35. The smallest absolute Gasteiger partial charge is 0.293 e. The van der Waals surface area contributed by atoms with E-state index in [1.165, 1.54) is 5.57 Å². The van der Waals surface area contributed by atoms with Crippen LogP contribution in [0, 0.1) is 0 Å². The summed E-state index contributed by atoms with van der Waals surface area (Å²) in [6.07, 6.45) is 2.95. The fourth-order valence-corrected chi connectivity index (χ4v) is 1.09. The predicted octanol–water partition coefficient (Wildman–Crippen LogP) is 1.27. The zero-order valence-electron chi connectivity index (χ0n) is 5.30. The summed E-state index contributed by atoms with van der Waals surface area (Å²) in [5.41, 5.74) is 1.20. The van der Waals surface area contributed by atoms with Gasteiger partial charge in [-0.05, 0) is 12.8 Å². The number of ether oxygens (including phenoxy) is 1. The van der Waals surface area contributed by atoms with E-state index < -0.39 is 0 Å². The van der Waals surface area contributed by atoms with Crippen molar-refractivity contribution in [2.45, 2.75) is 25.4 Å². The molecule has 0 heterocycles. The number of carbonyl (C=O) groups is 1. The van der Waals surface area contributed by atoms with Gasteiger partial charge in [-0.1, -0.05) is 12.2 Å². The van der Waals surface area contributed by atoms with Crippen molar-refractivity contribution in [3.05, 3.63) is 12.2 Å². The largest absolute Gasteiger partial charge is 0.464 e. The summed E-state index contributed by atoms with van der Waals surface area (Å²) in [5.74, 6) is 0. The molecule has 0 aromatic carbocycles. The van der Waals surface area contributed by atoms with E-state index in [2.05, 4.69) is 6.58 Å². The average molecular weight is 126 g/mol. The summed E-state index contributed by atoms with van der Waals surface area (Å²) in [6.45, 7) is 4.31. The molecule has 0 bridgehead atoms. The molecule has 1 saturated carbocycles. The Labute approximate surface area is 54.5 Å². The van der Waals surface area contributed by atoms with Crippen LogP contribution in [-0.2, 0) is 9.53 Å². The molecule has 0 aromatic heterocycles. The van der Waals surface area contributed by atoms with Crippen LogP contribution in [0.3, 0.4) is 0 Å². The third kappa shape index (κ3) is 1.56. The van der Waals surface area contributed by atoms with Crippen molar-refractivity contribution >= 4 is 6.47 Å². The van der Waals surface area contributed by atoms with Gasteiger partial charge in [0, 0.05) is 6.42 Å². The van der Waals surface area contributed by atoms with Crippen molar-refractivity contribution in [2.24, 2.45) is 0 Å². The summed E-state index contributed by atoms with van der Waals surface area (Å²) in [6, 6.07) is 0. The van der Waals surface area contributed by atoms with Gasteiger partial charge in [0.2, 0.25) is 0 Å². The Bertz CT molecular complexity index is 129. The first kappa shape index (κ1) is 6.33. The number of hydrogen-bond acceptors (Lipinski definition) is 2. The van der Waals surface area contributed by atoms with Crippen LogP contribution in [0.1, 0.15) is 19.3 Å². The standard InChI is InChI=1S/C7H10O2/c1-6-2-3-7(4-6)9-5-8/h5,7H,1-4H2/t7-/m0/s1. The molecular weight excluding hydrogens is 116 g/mol. The van der Waals surface area contributed by atoms with Crippen molar-refractivity contribution in [3.8, 4) is 0 Å². The fourth-order valence-electron chi connectivity index (χ4n) is 1.09. The van der Waals surface area contributed by atoms with Gasteiger partial charge in [-0.2, -0.15) is 0 Å². The molecule has 0 radical (unpaired) electrons. The third-order valence-corrected chi connectivity index (χ3v) is 1.58. The van der Waals surface area contributed by atoms with Gasteiger partial charge in [0.15, 0.2) is 0 Å². The van der Waals surface area contributed by atoms with E-state index in [0.29, 0.717) is 6.47 Å². The van der Waals surface area contributed by atoms with Crippen LogP contribution >= 0.6 is 0 Å². The van der Waals surface area contributed by atoms with Crippen LogP contribution < -0.4 is 0 Å². The minimum Gasteiger partial charge on any atom is -0.464 e. The molecule has 1 atom stereocenters. The molecule has 9 heavy (non-hydrogen) atoms. The zero-order valence-corrected chi connectivity index (χ0v) is 5.30. The van der Waals surface area contributed by atoms with E-state index in [-0.39, 0.29) is 6.10 Å². The minimum atomic E-state index is 0.120. The Balaban J connectivity index is 2.29. The maximum Gasteiger partial charge on any atom is 0.293 e. The Kier molecular flexibility index (Phi) is 1.88. The van der Waals surface area contributed by atoms with Gasteiger partial charge in [0.25, 0.3) is 6.47 Å². The van der Waals surface area contributed by atoms with Gasteiger partial charge in [0.05, 0.1) is 0 Å². The molecule has 50 valence electrons. The molecule has 0 aliphatic heterocycles. The second kappa shape index (κ2) is 2.67. The molecule has 0 aromatic rings. The summed E-state index contributed by atoms with van der Waals surface area (Å²) < 4.78 is 4.73. The lowest BCUT2D eigenvalue weighted by Crippen LogP contribution is -2.04. The zero-order chi connectivity index (χ0) is 6.69. The predicted molar refractivity (Wildman–Crippen MR) is 33.9 cm³/mol. The number of rotatable bonds is 2. The molecule has 0 N–H and O–H groups in total. The Morgan fingerprint density at radius 2 is 2.56 bits per heavy atom. The summed E-state index contributed by atoms with van der Waals surface area (Å²) in [7, 11) is 0. The molecule has 2 nitrogen and oxygen atoms in total. The molecule has 0 spiro atoms. The molecule has 0 saturated heterocycles. The lowest BCUT2D eigenvalue weighted by Gasteiger charge is -2.03. The van der Waals surface area contributed by atoms with Gasteiger partial charge in [-0.25, -0.2) is 0 Å². The second-order valence-corrected chi connectivity index (χ2v) is 2.35. The quantitative estimate of drug-likeness (QED) is 0.411. The van der Waals surface area contributed by atoms with E-state index in [4.69, 9.17) is 4.74 Å². The van der Waals surface area contributed by atoms with Crippen molar-refractivity contribution < 1.29 is 9.53 Å². The lowest BCUT2D eigenvalue weighted by molar-refractivity contribution is -0.133. The molecular formula is C7H10O2. The lowest BCUT2D eigenvalue weighted by atomic mass is 10.3. The molecule has 2 heteroatoms. The van der Waals surface area contributed by atoms with Gasteiger partial charge in [-0.3, -0.25) is 4.79 Å². The van der Waals surface area contributed by atoms with Gasteiger partial charge < -0.3 is 4.74 Å². The summed E-state index contributed by atoms with van der Waals surface area (Å²) >= 11 is 0. The monoisotopic (exact) mass is 126 g/mol. The molecule has 1 aliphatic carbocycles. The molecule has 1 rings (SSSR count). The highest BCUT2D eigenvalue weighted by Gasteiger charge is 2.17. The normalized spacial score (nSPS) is 26.2. The summed E-state index contributed by atoms with van der Waals surface area (Å²) in [4.78, 5) is 9.82. The third-order valence-electron chi connectivity index (χ3n) is 1.58. The Hall–Kier alpha value is -0.790. The first-order valence-corrected chi connectivity index (χ1v) is 3.08. The fraction of sp³-hybridized carbons (Fsp3) is 0.571. The highest BCUT2D eigenvalue weighted by molar-refractivity contribution is 5.37. The van der Waals surface area contributed by atoms with Gasteiger partial charge >= 0.3 is 0 Å². The first-order chi connectivity index (χ1) is 4.33. The van der Waals surface area contributed by atoms with Crippen LogP contribution in [0.5, 0.6) is 0 Å². The van der Waals surface area contributed by atoms with Crippen molar-refractivity contribution in [1.82, 2.24) is 0 Å². The molecule has 0 unspecified atom stereocenters. The maximum atomic E-state index is 9.82. The van der Waals surface area contributed by atoms with Crippen LogP contribution in [0.25, 0.3) is 0 Å². The van der Waals surface area contributed by atoms with Crippen molar-refractivity contribution in [3.63, 3.8) is 0 Å². The van der Waals surface area contributed by atoms with E-state index >= 15 is 0 Å².